The van der Waals surface area contributed by atoms with Crippen molar-refractivity contribution in [1.29, 1.82) is 0 Å². The second-order valence-electron chi connectivity index (χ2n) is 16.4. The number of aromatic amines is 1. The maximum atomic E-state index is 13.3. The number of rotatable bonds is 41. The topological polar surface area (TPSA) is 120 Å². The Morgan fingerprint density at radius 2 is 1.05 bits per heavy atom. The zero-order valence-corrected chi connectivity index (χ0v) is 36.4. The monoisotopic (exact) mass is 777 g/mol. The number of amides is 1. The van der Waals surface area contributed by atoms with Gasteiger partial charge in [-0.2, -0.15) is 0 Å². The first-order valence-electron chi connectivity index (χ1n) is 23.3. The molecule has 322 valence electrons. The van der Waals surface area contributed by atoms with Crippen molar-refractivity contribution in [2.45, 2.75) is 232 Å². The number of unbranched alkanes of at least 4 members (excludes halogenated alkanes) is 26. The Morgan fingerprint density at radius 1 is 0.636 bits per heavy atom. The Labute approximate surface area is 338 Å². The van der Waals surface area contributed by atoms with Gasteiger partial charge < -0.3 is 29.8 Å². The molecule has 0 fully saturated rings. The van der Waals surface area contributed by atoms with Gasteiger partial charge in [0, 0.05) is 31.4 Å². The van der Waals surface area contributed by atoms with Crippen LogP contribution in [0.25, 0.3) is 0 Å². The minimum atomic E-state index is -0.772. The minimum absolute atomic E-state index is 0.0674. The predicted molar refractivity (Wildman–Crippen MR) is 229 cm³/mol. The van der Waals surface area contributed by atoms with E-state index in [9.17, 15) is 9.59 Å². The zero-order valence-electron chi connectivity index (χ0n) is 36.4. The van der Waals surface area contributed by atoms with Crippen LogP contribution in [0, 0.1) is 0 Å². The Balaban J connectivity index is 2.30. The fraction of sp³-hybridized carbons (Fsp3) is 0.891. The number of carbonyl (C=O) groups is 2. The van der Waals surface area contributed by atoms with Gasteiger partial charge in [0.15, 0.2) is 0 Å². The van der Waals surface area contributed by atoms with Crippen molar-refractivity contribution in [2.75, 3.05) is 32.9 Å². The Bertz CT molecular complexity index is 946. The number of esters is 1. The highest BCUT2D eigenvalue weighted by Crippen LogP contribution is 2.15. The van der Waals surface area contributed by atoms with Crippen LogP contribution < -0.4 is 5.73 Å². The quantitative estimate of drug-likeness (QED) is 0.0502. The third-order valence-corrected chi connectivity index (χ3v) is 10.7. The van der Waals surface area contributed by atoms with Crippen molar-refractivity contribution in [2.24, 2.45) is 5.73 Å². The lowest BCUT2D eigenvalue weighted by molar-refractivity contribution is -0.154. The van der Waals surface area contributed by atoms with E-state index in [0.717, 1.165) is 31.6 Å². The highest BCUT2D eigenvalue weighted by molar-refractivity contribution is 5.77. The van der Waals surface area contributed by atoms with Gasteiger partial charge in [-0.1, -0.05) is 181 Å². The van der Waals surface area contributed by atoms with Gasteiger partial charge in [0.2, 0.25) is 5.91 Å². The molecule has 9 nitrogen and oxygen atoms in total. The molecular weight excluding hydrogens is 689 g/mol. The van der Waals surface area contributed by atoms with Gasteiger partial charge in [-0.3, -0.25) is 9.59 Å². The summed E-state index contributed by atoms with van der Waals surface area (Å²) in [5.74, 6) is -0.400. The summed E-state index contributed by atoms with van der Waals surface area (Å²) < 4.78 is 17.2. The molecule has 0 aromatic carbocycles. The fourth-order valence-electron chi connectivity index (χ4n) is 7.14. The van der Waals surface area contributed by atoms with Crippen molar-refractivity contribution >= 4 is 11.9 Å². The Morgan fingerprint density at radius 3 is 1.45 bits per heavy atom. The lowest BCUT2D eigenvalue weighted by atomic mass is 10.0. The van der Waals surface area contributed by atoms with Crippen molar-refractivity contribution in [3.05, 3.63) is 18.2 Å². The standard InChI is InChI=1S/C46H88N4O5/c1-5-7-9-11-13-15-17-19-21-23-25-27-29-31-33-50(34-32-30-28-26-24-22-20-18-16-14-12-10-8-6-2)45(51)39-53-37-41(3)54-38-42(4)55-46(52)44(47)35-43-36-48-40-49-43/h36,40-42,44H,5-35,37-39,47H2,1-4H3,(H,48,49). The van der Waals surface area contributed by atoms with Gasteiger partial charge in [0.05, 0.1) is 25.6 Å². The van der Waals surface area contributed by atoms with E-state index in [1.807, 2.05) is 11.8 Å². The number of ether oxygens (including phenoxy) is 3. The van der Waals surface area contributed by atoms with Gasteiger partial charge in [-0.25, -0.2) is 4.98 Å². The van der Waals surface area contributed by atoms with Crippen molar-refractivity contribution in [3.63, 3.8) is 0 Å². The molecule has 0 aliphatic heterocycles. The molecule has 1 rings (SSSR count). The summed E-state index contributed by atoms with van der Waals surface area (Å²) in [6.07, 6.45) is 40.1. The zero-order chi connectivity index (χ0) is 40.0. The number of nitrogens with one attached hydrogen (secondary N) is 1. The van der Waals surface area contributed by atoms with Crippen LogP contribution in [-0.2, 0) is 30.2 Å². The van der Waals surface area contributed by atoms with E-state index in [0.29, 0.717) is 13.0 Å². The van der Waals surface area contributed by atoms with E-state index in [1.54, 1.807) is 19.4 Å². The molecule has 0 spiro atoms. The molecule has 55 heavy (non-hydrogen) atoms. The Kier molecular flexibility index (Phi) is 34.9. The molecule has 0 radical (unpaired) electrons. The van der Waals surface area contributed by atoms with Crippen molar-refractivity contribution < 1.29 is 23.8 Å². The SMILES string of the molecule is CCCCCCCCCCCCCCCCN(CCCCCCCCCCCCCCCC)C(=O)COCC(C)OCC(C)OC(=O)C(N)Cc1cnc[nH]1. The van der Waals surface area contributed by atoms with Crippen molar-refractivity contribution in [3.8, 4) is 0 Å². The highest BCUT2D eigenvalue weighted by atomic mass is 16.6. The molecule has 1 amide bonds. The number of imidazole rings is 1. The summed E-state index contributed by atoms with van der Waals surface area (Å²) in [6.45, 7) is 10.5. The molecule has 0 aliphatic carbocycles. The molecule has 3 atom stereocenters. The van der Waals surface area contributed by atoms with Crippen LogP contribution >= 0.6 is 0 Å². The average molecular weight is 777 g/mol. The van der Waals surface area contributed by atoms with E-state index in [4.69, 9.17) is 19.9 Å². The van der Waals surface area contributed by atoms with Gasteiger partial charge in [-0.05, 0) is 26.7 Å². The maximum absolute atomic E-state index is 13.3. The van der Waals surface area contributed by atoms with Crippen LogP contribution in [0.3, 0.4) is 0 Å². The van der Waals surface area contributed by atoms with E-state index >= 15 is 0 Å². The first-order valence-corrected chi connectivity index (χ1v) is 23.3. The Hall–Kier alpha value is -1.97. The molecule has 3 N–H and O–H groups in total. The number of hydrogen-bond acceptors (Lipinski definition) is 7. The van der Waals surface area contributed by atoms with E-state index in [2.05, 4.69) is 23.8 Å². The number of nitrogens with zero attached hydrogens (tertiary/aromatic N) is 2. The lowest BCUT2D eigenvalue weighted by Gasteiger charge is -2.23. The van der Waals surface area contributed by atoms with Crippen LogP contribution in [0.5, 0.6) is 0 Å². The number of hydrogen-bond donors (Lipinski definition) is 2. The summed E-state index contributed by atoms with van der Waals surface area (Å²) in [4.78, 5) is 34.6. The molecule has 1 aromatic rings. The third kappa shape index (κ3) is 31.8. The predicted octanol–water partition coefficient (Wildman–Crippen LogP) is 11.4. The minimum Gasteiger partial charge on any atom is -0.459 e. The molecule has 0 aliphatic rings. The second kappa shape index (κ2) is 37.6. The number of H-pyrrole nitrogens is 1. The third-order valence-electron chi connectivity index (χ3n) is 10.7. The normalized spacial score (nSPS) is 13.2. The summed E-state index contributed by atoms with van der Waals surface area (Å²) in [7, 11) is 0. The highest BCUT2D eigenvalue weighted by Gasteiger charge is 2.20. The lowest BCUT2D eigenvalue weighted by Crippen LogP contribution is -2.38. The molecule has 9 heteroatoms. The first kappa shape index (κ1) is 51.0. The maximum Gasteiger partial charge on any atom is 0.323 e. The molecule has 1 heterocycles. The fourth-order valence-corrected chi connectivity index (χ4v) is 7.14. The van der Waals surface area contributed by atoms with Gasteiger partial charge in [0.1, 0.15) is 18.8 Å². The van der Waals surface area contributed by atoms with Crippen LogP contribution in [-0.4, -0.2) is 77.9 Å². The summed E-state index contributed by atoms with van der Waals surface area (Å²) in [5, 5.41) is 0. The molecule has 0 bridgehead atoms. The summed E-state index contributed by atoms with van der Waals surface area (Å²) in [5.41, 5.74) is 6.77. The molecular formula is C46H88N4O5. The van der Waals surface area contributed by atoms with Gasteiger partial charge in [-0.15, -0.1) is 0 Å². The number of aromatic nitrogens is 2. The van der Waals surface area contributed by atoms with Crippen LogP contribution in [0.15, 0.2) is 12.5 Å². The molecule has 1 aromatic heterocycles. The van der Waals surface area contributed by atoms with Crippen LogP contribution in [0.2, 0.25) is 0 Å². The van der Waals surface area contributed by atoms with E-state index in [1.165, 1.54) is 167 Å². The van der Waals surface area contributed by atoms with Gasteiger partial charge >= 0.3 is 5.97 Å². The van der Waals surface area contributed by atoms with Crippen molar-refractivity contribution in [1.82, 2.24) is 14.9 Å². The first-order chi connectivity index (χ1) is 26.9. The molecule has 0 saturated carbocycles. The average Bonchev–Trinajstić information content (AvgIpc) is 3.69. The molecule has 0 saturated heterocycles. The second-order valence-corrected chi connectivity index (χ2v) is 16.4. The number of nitrogens with two attached hydrogens (primary N) is 1. The van der Waals surface area contributed by atoms with Crippen LogP contribution in [0.4, 0.5) is 0 Å². The van der Waals surface area contributed by atoms with E-state index < -0.39 is 18.1 Å². The largest absolute Gasteiger partial charge is 0.459 e. The molecule has 3 unspecified atom stereocenters. The van der Waals surface area contributed by atoms with E-state index in [-0.39, 0.29) is 25.2 Å². The number of carbonyl (C=O) groups excluding carboxylic acids is 2. The van der Waals surface area contributed by atoms with Gasteiger partial charge in [0.25, 0.3) is 0 Å². The van der Waals surface area contributed by atoms with Crippen LogP contribution in [0.1, 0.15) is 213 Å². The summed E-state index contributed by atoms with van der Waals surface area (Å²) in [6, 6.07) is -0.772. The smallest absolute Gasteiger partial charge is 0.323 e. The summed E-state index contributed by atoms with van der Waals surface area (Å²) >= 11 is 0.